The van der Waals surface area contributed by atoms with Crippen LogP contribution in [0.2, 0.25) is 0 Å². The third kappa shape index (κ3) is 3.46. The van der Waals surface area contributed by atoms with Gasteiger partial charge in [-0.3, -0.25) is 0 Å². The predicted molar refractivity (Wildman–Crippen MR) is 69.9 cm³/mol. The first-order chi connectivity index (χ1) is 7.84. The summed E-state index contributed by atoms with van der Waals surface area (Å²) in [4.78, 5) is 4.47. The standard InChI is InChI=1S/C14H17NS/c1-12-15-14(11-16-12)10-6-5-9-13-7-3-2-4-8-13/h2-4,7-8,11H,5-6,9-10H2,1H3. The summed E-state index contributed by atoms with van der Waals surface area (Å²) in [7, 11) is 0. The van der Waals surface area contributed by atoms with E-state index in [0.29, 0.717) is 0 Å². The topological polar surface area (TPSA) is 12.9 Å². The van der Waals surface area contributed by atoms with E-state index < -0.39 is 0 Å². The highest BCUT2D eigenvalue weighted by atomic mass is 32.1. The van der Waals surface area contributed by atoms with Gasteiger partial charge in [0.05, 0.1) is 10.7 Å². The van der Waals surface area contributed by atoms with Crippen LogP contribution in [-0.2, 0) is 12.8 Å². The minimum Gasteiger partial charge on any atom is -0.247 e. The van der Waals surface area contributed by atoms with Crippen LogP contribution in [0.1, 0.15) is 29.1 Å². The summed E-state index contributed by atoms with van der Waals surface area (Å²) in [5, 5.41) is 3.36. The van der Waals surface area contributed by atoms with Crippen LogP contribution in [0.25, 0.3) is 0 Å². The molecular weight excluding hydrogens is 214 g/mol. The van der Waals surface area contributed by atoms with Gasteiger partial charge in [-0.2, -0.15) is 0 Å². The SMILES string of the molecule is Cc1nc(CCCCc2ccccc2)cs1. The van der Waals surface area contributed by atoms with Gasteiger partial charge in [-0.1, -0.05) is 30.3 Å². The molecule has 0 radical (unpaired) electrons. The molecule has 0 aliphatic rings. The lowest BCUT2D eigenvalue weighted by Crippen LogP contribution is -1.89. The molecule has 1 aromatic carbocycles. The van der Waals surface area contributed by atoms with Crippen LogP contribution in [-0.4, -0.2) is 4.98 Å². The zero-order chi connectivity index (χ0) is 11.2. The van der Waals surface area contributed by atoms with Crippen molar-refractivity contribution in [2.75, 3.05) is 0 Å². The highest BCUT2D eigenvalue weighted by Crippen LogP contribution is 2.12. The zero-order valence-electron chi connectivity index (χ0n) is 9.65. The van der Waals surface area contributed by atoms with Gasteiger partial charge in [-0.05, 0) is 38.2 Å². The lowest BCUT2D eigenvalue weighted by Gasteiger charge is -2.00. The van der Waals surface area contributed by atoms with Gasteiger partial charge in [0, 0.05) is 5.38 Å². The lowest BCUT2D eigenvalue weighted by molar-refractivity contribution is 0.724. The maximum atomic E-state index is 4.47. The second-order valence-electron chi connectivity index (χ2n) is 4.05. The maximum absolute atomic E-state index is 4.47. The van der Waals surface area contributed by atoms with Gasteiger partial charge < -0.3 is 0 Å². The Balaban J connectivity index is 1.69. The van der Waals surface area contributed by atoms with E-state index in [0.717, 1.165) is 6.42 Å². The second-order valence-corrected chi connectivity index (χ2v) is 5.11. The van der Waals surface area contributed by atoms with E-state index in [1.807, 2.05) is 0 Å². The Bertz CT molecular complexity index is 419. The van der Waals surface area contributed by atoms with Crippen LogP contribution >= 0.6 is 11.3 Å². The van der Waals surface area contributed by atoms with Crippen molar-refractivity contribution in [2.24, 2.45) is 0 Å². The molecule has 0 saturated carbocycles. The highest BCUT2D eigenvalue weighted by Gasteiger charge is 1.98. The van der Waals surface area contributed by atoms with E-state index in [4.69, 9.17) is 0 Å². The van der Waals surface area contributed by atoms with E-state index >= 15 is 0 Å². The quantitative estimate of drug-likeness (QED) is 0.708. The number of thiazole rings is 1. The Morgan fingerprint density at radius 2 is 1.81 bits per heavy atom. The Morgan fingerprint density at radius 3 is 2.50 bits per heavy atom. The molecule has 0 N–H and O–H groups in total. The minimum atomic E-state index is 1.12. The summed E-state index contributed by atoms with van der Waals surface area (Å²) < 4.78 is 0. The molecular formula is C14H17NS. The molecule has 0 bridgehead atoms. The highest BCUT2D eigenvalue weighted by molar-refractivity contribution is 7.09. The number of hydrogen-bond acceptors (Lipinski definition) is 2. The average molecular weight is 231 g/mol. The number of aromatic nitrogens is 1. The van der Waals surface area contributed by atoms with Crippen molar-refractivity contribution in [1.29, 1.82) is 0 Å². The molecule has 1 nitrogen and oxygen atoms in total. The third-order valence-electron chi connectivity index (χ3n) is 2.66. The van der Waals surface area contributed by atoms with Crippen LogP contribution in [0.3, 0.4) is 0 Å². The summed E-state index contributed by atoms with van der Waals surface area (Å²) >= 11 is 1.75. The Kier molecular flexibility index (Phi) is 4.11. The third-order valence-corrected chi connectivity index (χ3v) is 3.48. The Hall–Kier alpha value is -1.15. The van der Waals surface area contributed by atoms with Crippen LogP contribution in [0.5, 0.6) is 0 Å². The average Bonchev–Trinajstić information content (AvgIpc) is 2.72. The van der Waals surface area contributed by atoms with Crippen molar-refractivity contribution >= 4 is 11.3 Å². The maximum Gasteiger partial charge on any atom is 0.0897 e. The number of nitrogens with zero attached hydrogens (tertiary/aromatic N) is 1. The fraction of sp³-hybridized carbons (Fsp3) is 0.357. The molecule has 16 heavy (non-hydrogen) atoms. The van der Waals surface area contributed by atoms with E-state index in [9.17, 15) is 0 Å². The number of unbranched alkanes of at least 4 members (excludes halogenated alkanes) is 1. The molecule has 84 valence electrons. The molecule has 1 aromatic heterocycles. The smallest absolute Gasteiger partial charge is 0.0897 e. The summed E-state index contributed by atoms with van der Waals surface area (Å²) in [5.41, 5.74) is 2.70. The molecule has 0 atom stereocenters. The van der Waals surface area contributed by atoms with Crippen LogP contribution < -0.4 is 0 Å². The molecule has 0 saturated heterocycles. The van der Waals surface area contributed by atoms with Gasteiger partial charge in [0.15, 0.2) is 0 Å². The molecule has 0 fully saturated rings. The van der Waals surface area contributed by atoms with Crippen molar-refractivity contribution in [2.45, 2.75) is 32.6 Å². The lowest BCUT2D eigenvalue weighted by atomic mass is 10.1. The largest absolute Gasteiger partial charge is 0.247 e. The first-order valence-electron chi connectivity index (χ1n) is 5.79. The van der Waals surface area contributed by atoms with Crippen LogP contribution in [0, 0.1) is 6.92 Å². The monoisotopic (exact) mass is 231 g/mol. The van der Waals surface area contributed by atoms with Gasteiger partial charge in [-0.25, -0.2) is 4.98 Å². The van der Waals surface area contributed by atoms with Crippen LogP contribution in [0.15, 0.2) is 35.7 Å². The van der Waals surface area contributed by atoms with E-state index in [1.54, 1.807) is 11.3 Å². The predicted octanol–water partition coefficient (Wildman–Crippen LogP) is 4.02. The van der Waals surface area contributed by atoms with E-state index in [1.165, 1.54) is 35.5 Å². The van der Waals surface area contributed by atoms with Gasteiger partial charge >= 0.3 is 0 Å². The normalized spacial score (nSPS) is 10.6. The minimum absolute atomic E-state index is 1.12. The fourth-order valence-electron chi connectivity index (χ4n) is 1.80. The Labute approximate surface area is 101 Å². The fourth-order valence-corrected chi connectivity index (χ4v) is 2.45. The molecule has 0 amide bonds. The number of benzene rings is 1. The van der Waals surface area contributed by atoms with Crippen molar-refractivity contribution in [1.82, 2.24) is 4.98 Å². The zero-order valence-corrected chi connectivity index (χ0v) is 10.5. The molecule has 1 heterocycles. The first-order valence-corrected chi connectivity index (χ1v) is 6.67. The first kappa shape index (κ1) is 11.3. The number of rotatable bonds is 5. The number of hydrogen-bond donors (Lipinski definition) is 0. The van der Waals surface area contributed by atoms with Crippen molar-refractivity contribution in [3.05, 3.63) is 52.0 Å². The van der Waals surface area contributed by atoms with Gasteiger partial charge in [-0.15, -0.1) is 11.3 Å². The van der Waals surface area contributed by atoms with Crippen molar-refractivity contribution in [3.8, 4) is 0 Å². The van der Waals surface area contributed by atoms with E-state index in [2.05, 4.69) is 47.6 Å². The number of aryl methyl sites for hydroxylation is 3. The summed E-state index contributed by atoms with van der Waals surface area (Å²) in [6.45, 7) is 2.07. The summed E-state index contributed by atoms with van der Waals surface area (Å²) in [5.74, 6) is 0. The Morgan fingerprint density at radius 1 is 1.06 bits per heavy atom. The van der Waals surface area contributed by atoms with Crippen molar-refractivity contribution < 1.29 is 0 Å². The molecule has 0 spiro atoms. The molecule has 2 rings (SSSR count). The van der Waals surface area contributed by atoms with Gasteiger partial charge in [0.25, 0.3) is 0 Å². The molecule has 0 aliphatic carbocycles. The summed E-state index contributed by atoms with van der Waals surface area (Å²) in [6.07, 6.45) is 4.79. The molecule has 0 unspecified atom stereocenters. The van der Waals surface area contributed by atoms with E-state index in [-0.39, 0.29) is 0 Å². The van der Waals surface area contributed by atoms with Gasteiger partial charge in [0.1, 0.15) is 0 Å². The van der Waals surface area contributed by atoms with Crippen LogP contribution in [0.4, 0.5) is 0 Å². The second kappa shape index (κ2) is 5.80. The van der Waals surface area contributed by atoms with Gasteiger partial charge in [0.2, 0.25) is 0 Å². The summed E-state index contributed by atoms with van der Waals surface area (Å²) in [6, 6.07) is 10.7. The molecule has 0 aliphatic heterocycles. The molecule has 2 aromatic rings. The molecule has 2 heteroatoms. The van der Waals surface area contributed by atoms with Crippen molar-refractivity contribution in [3.63, 3.8) is 0 Å².